The summed E-state index contributed by atoms with van der Waals surface area (Å²) in [6, 6.07) is 10.0. The van der Waals surface area contributed by atoms with Crippen molar-refractivity contribution in [2.45, 2.75) is 6.61 Å². The first-order chi connectivity index (χ1) is 9.10. The zero-order chi connectivity index (χ0) is 13.8. The van der Waals surface area contributed by atoms with E-state index in [1.165, 1.54) is 0 Å². The summed E-state index contributed by atoms with van der Waals surface area (Å²) in [5, 5.41) is 1.11. The van der Waals surface area contributed by atoms with Crippen molar-refractivity contribution in [3.05, 3.63) is 57.6 Å². The minimum atomic E-state index is 0.278. The van der Waals surface area contributed by atoms with E-state index in [1.54, 1.807) is 36.4 Å². The van der Waals surface area contributed by atoms with Crippen LogP contribution in [0.2, 0.25) is 10.0 Å². The second-order valence-electron chi connectivity index (χ2n) is 3.94. The molecule has 0 heterocycles. The van der Waals surface area contributed by atoms with E-state index in [0.29, 0.717) is 27.0 Å². The SMILES string of the molecule is Nc1cc(C=O)ccc1OCc1ccc(Cl)cc1Cl. The summed E-state index contributed by atoms with van der Waals surface area (Å²) < 4.78 is 5.57. The Bertz CT molecular complexity index is 614. The molecule has 2 N–H and O–H groups in total. The van der Waals surface area contributed by atoms with E-state index in [0.717, 1.165) is 11.8 Å². The lowest BCUT2D eigenvalue weighted by molar-refractivity contribution is 0.112. The Kier molecular flexibility index (Phi) is 4.30. The van der Waals surface area contributed by atoms with Crippen molar-refractivity contribution in [1.29, 1.82) is 0 Å². The van der Waals surface area contributed by atoms with Crippen LogP contribution in [0.1, 0.15) is 15.9 Å². The summed E-state index contributed by atoms with van der Waals surface area (Å²) in [6.07, 6.45) is 0.732. The van der Waals surface area contributed by atoms with Crippen LogP contribution in [-0.2, 0) is 6.61 Å². The molecular weight excluding hydrogens is 285 g/mol. The second kappa shape index (κ2) is 5.95. The first-order valence-corrected chi connectivity index (χ1v) is 6.27. The van der Waals surface area contributed by atoms with Gasteiger partial charge in [-0.3, -0.25) is 4.79 Å². The van der Waals surface area contributed by atoms with Crippen molar-refractivity contribution in [1.82, 2.24) is 0 Å². The Balaban J connectivity index is 2.12. The highest BCUT2D eigenvalue weighted by atomic mass is 35.5. The van der Waals surface area contributed by atoms with E-state index in [4.69, 9.17) is 33.7 Å². The Morgan fingerprint density at radius 3 is 2.58 bits per heavy atom. The largest absolute Gasteiger partial charge is 0.487 e. The van der Waals surface area contributed by atoms with Crippen LogP contribution in [-0.4, -0.2) is 6.29 Å². The van der Waals surface area contributed by atoms with Crippen molar-refractivity contribution < 1.29 is 9.53 Å². The van der Waals surface area contributed by atoms with Crippen LogP contribution in [0.25, 0.3) is 0 Å². The summed E-state index contributed by atoms with van der Waals surface area (Å²) in [5.41, 5.74) is 7.52. The number of hydrogen-bond acceptors (Lipinski definition) is 3. The molecule has 2 rings (SSSR count). The molecule has 5 heteroatoms. The molecule has 98 valence electrons. The van der Waals surface area contributed by atoms with Crippen LogP contribution in [0.5, 0.6) is 5.75 Å². The molecule has 0 unspecified atom stereocenters. The van der Waals surface area contributed by atoms with Gasteiger partial charge in [-0.15, -0.1) is 0 Å². The number of halogens is 2. The van der Waals surface area contributed by atoms with Gasteiger partial charge in [0.1, 0.15) is 18.6 Å². The van der Waals surface area contributed by atoms with Gasteiger partial charge in [-0.25, -0.2) is 0 Å². The molecule has 0 amide bonds. The number of rotatable bonds is 4. The smallest absolute Gasteiger partial charge is 0.150 e. The van der Waals surface area contributed by atoms with Gasteiger partial charge >= 0.3 is 0 Å². The minimum Gasteiger partial charge on any atom is -0.487 e. The lowest BCUT2D eigenvalue weighted by Crippen LogP contribution is -2.00. The summed E-state index contributed by atoms with van der Waals surface area (Å²) in [5.74, 6) is 0.511. The normalized spacial score (nSPS) is 10.2. The van der Waals surface area contributed by atoms with Crippen LogP contribution >= 0.6 is 23.2 Å². The number of hydrogen-bond donors (Lipinski definition) is 1. The maximum absolute atomic E-state index is 10.6. The first kappa shape index (κ1) is 13.7. The number of carbonyl (C=O) groups excluding carboxylic acids is 1. The molecule has 0 fully saturated rings. The quantitative estimate of drug-likeness (QED) is 0.686. The standard InChI is InChI=1S/C14H11Cl2NO2/c15-11-3-2-10(12(16)6-11)8-19-14-4-1-9(7-18)5-13(14)17/h1-7H,8,17H2. The molecular formula is C14H11Cl2NO2. The Morgan fingerprint density at radius 1 is 1.16 bits per heavy atom. The molecule has 0 spiro atoms. The molecule has 0 aliphatic rings. The highest BCUT2D eigenvalue weighted by Crippen LogP contribution is 2.26. The molecule has 0 bridgehead atoms. The Labute approximate surface area is 120 Å². The highest BCUT2D eigenvalue weighted by Gasteiger charge is 2.05. The second-order valence-corrected chi connectivity index (χ2v) is 4.78. The molecule has 0 atom stereocenters. The maximum Gasteiger partial charge on any atom is 0.150 e. The lowest BCUT2D eigenvalue weighted by Gasteiger charge is -2.10. The summed E-state index contributed by atoms with van der Waals surface area (Å²) in [7, 11) is 0. The van der Waals surface area contributed by atoms with E-state index in [9.17, 15) is 4.79 Å². The van der Waals surface area contributed by atoms with Crippen molar-refractivity contribution in [3.8, 4) is 5.75 Å². The predicted octanol–water partition coefficient (Wildman–Crippen LogP) is 3.97. The number of nitrogen functional groups attached to an aromatic ring is 1. The van der Waals surface area contributed by atoms with Crippen LogP contribution in [0, 0.1) is 0 Å². The third-order valence-electron chi connectivity index (χ3n) is 2.57. The third-order valence-corrected chi connectivity index (χ3v) is 3.16. The molecule has 3 nitrogen and oxygen atoms in total. The Morgan fingerprint density at radius 2 is 1.95 bits per heavy atom. The zero-order valence-corrected chi connectivity index (χ0v) is 11.4. The van der Waals surface area contributed by atoms with Gasteiger partial charge < -0.3 is 10.5 Å². The highest BCUT2D eigenvalue weighted by molar-refractivity contribution is 6.35. The van der Waals surface area contributed by atoms with Gasteiger partial charge in [-0.05, 0) is 30.3 Å². The summed E-state index contributed by atoms with van der Waals surface area (Å²) in [4.78, 5) is 10.6. The van der Waals surface area contributed by atoms with Crippen molar-refractivity contribution in [2.75, 3.05) is 5.73 Å². The molecule has 0 aliphatic carbocycles. The fraction of sp³-hybridized carbons (Fsp3) is 0.0714. The lowest BCUT2D eigenvalue weighted by atomic mass is 10.2. The number of ether oxygens (including phenoxy) is 1. The fourth-order valence-electron chi connectivity index (χ4n) is 1.57. The first-order valence-electron chi connectivity index (χ1n) is 5.51. The minimum absolute atomic E-state index is 0.278. The molecule has 2 aromatic carbocycles. The predicted molar refractivity (Wildman–Crippen MR) is 77.0 cm³/mol. The Hall–Kier alpha value is -1.71. The summed E-state index contributed by atoms with van der Waals surface area (Å²) in [6.45, 7) is 0.278. The average Bonchev–Trinajstić information content (AvgIpc) is 2.39. The van der Waals surface area contributed by atoms with Crippen molar-refractivity contribution in [3.63, 3.8) is 0 Å². The molecule has 0 aromatic heterocycles. The number of aldehydes is 1. The van der Waals surface area contributed by atoms with Gasteiger partial charge in [0.05, 0.1) is 5.69 Å². The third kappa shape index (κ3) is 3.40. The van der Waals surface area contributed by atoms with Gasteiger partial charge in [-0.1, -0.05) is 29.3 Å². The van der Waals surface area contributed by atoms with Gasteiger partial charge in [-0.2, -0.15) is 0 Å². The van der Waals surface area contributed by atoms with Crippen molar-refractivity contribution in [2.24, 2.45) is 0 Å². The molecule has 0 aliphatic heterocycles. The van der Waals surface area contributed by atoms with Crippen molar-refractivity contribution >= 4 is 35.2 Å². The van der Waals surface area contributed by atoms with E-state index >= 15 is 0 Å². The van der Waals surface area contributed by atoms with Gasteiger partial charge in [0.2, 0.25) is 0 Å². The van der Waals surface area contributed by atoms with Gasteiger partial charge in [0.15, 0.2) is 0 Å². The fourth-order valence-corrected chi connectivity index (χ4v) is 2.03. The number of benzene rings is 2. The maximum atomic E-state index is 10.6. The average molecular weight is 296 g/mol. The monoisotopic (exact) mass is 295 g/mol. The molecule has 19 heavy (non-hydrogen) atoms. The van der Waals surface area contributed by atoms with Crippen LogP contribution < -0.4 is 10.5 Å². The molecule has 0 saturated carbocycles. The van der Waals surface area contributed by atoms with Crippen LogP contribution in [0.15, 0.2) is 36.4 Å². The number of nitrogens with two attached hydrogens (primary N) is 1. The zero-order valence-electron chi connectivity index (χ0n) is 9.90. The molecule has 2 aromatic rings. The summed E-state index contributed by atoms with van der Waals surface area (Å²) >= 11 is 11.9. The molecule has 0 radical (unpaired) electrons. The number of anilines is 1. The van der Waals surface area contributed by atoms with Crippen LogP contribution in [0.3, 0.4) is 0 Å². The van der Waals surface area contributed by atoms with Crippen LogP contribution in [0.4, 0.5) is 5.69 Å². The van der Waals surface area contributed by atoms with E-state index < -0.39 is 0 Å². The van der Waals surface area contributed by atoms with Gasteiger partial charge in [0.25, 0.3) is 0 Å². The van der Waals surface area contributed by atoms with E-state index in [1.807, 2.05) is 0 Å². The van der Waals surface area contributed by atoms with Gasteiger partial charge in [0, 0.05) is 21.2 Å². The molecule has 0 saturated heterocycles. The number of carbonyl (C=O) groups is 1. The van der Waals surface area contributed by atoms with E-state index in [2.05, 4.69) is 0 Å². The topological polar surface area (TPSA) is 52.3 Å². The van der Waals surface area contributed by atoms with E-state index in [-0.39, 0.29) is 6.61 Å².